The molecule has 0 aromatic heterocycles. The molecule has 2 nitrogen and oxygen atoms in total. The molecule has 3 heteroatoms. The summed E-state index contributed by atoms with van der Waals surface area (Å²) in [7, 11) is 0. The SMILES string of the molecule is Cc1cccc(Br)c1C(N)C(C)O. The van der Waals surface area contributed by atoms with E-state index in [-0.39, 0.29) is 6.04 Å². The maximum absolute atomic E-state index is 9.38. The Bertz CT molecular complexity index is 279. The molecule has 3 N–H and O–H groups in total. The zero-order valence-electron chi connectivity index (χ0n) is 7.79. The second-order valence-corrected chi connectivity index (χ2v) is 4.09. The van der Waals surface area contributed by atoms with E-state index in [9.17, 15) is 5.11 Å². The Balaban J connectivity index is 3.12. The lowest BCUT2D eigenvalue weighted by atomic mass is 9.99. The van der Waals surface area contributed by atoms with Crippen molar-refractivity contribution >= 4 is 15.9 Å². The topological polar surface area (TPSA) is 46.2 Å². The van der Waals surface area contributed by atoms with Gasteiger partial charge in [0.25, 0.3) is 0 Å². The minimum atomic E-state index is -0.530. The van der Waals surface area contributed by atoms with Gasteiger partial charge in [0.05, 0.1) is 12.1 Å². The zero-order chi connectivity index (χ0) is 10.0. The molecule has 0 saturated carbocycles. The van der Waals surface area contributed by atoms with E-state index in [2.05, 4.69) is 15.9 Å². The molecule has 2 atom stereocenters. The van der Waals surface area contributed by atoms with Crippen molar-refractivity contribution in [2.75, 3.05) is 0 Å². The first kappa shape index (κ1) is 10.7. The summed E-state index contributed by atoms with van der Waals surface area (Å²) >= 11 is 3.42. The van der Waals surface area contributed by atoms with Crippen LogP contribution < -0.4 is 5.73 Å². The molecule has 1 aromatic carbocycles. The highest BCUT2D eigenvalue weighted by Crippen LogP contribution is 2.26. The van der Waals surface area contributed by atoms with E-state index in [4.69, 9.17) is 5.73 Å². The smallest absolute Gasteiger partial charge is 0.0705 e. The Hall–Kier alpha value is -0.380. The van der Waals surface area contributed by atoms with Crippen molar-refractivity contribution in [2.24, 2.45) is 5.73 Å². The minimum absolute atomic E-state index is 0.324. The molecule has 0 fully saturated rings. The van der Waals surface area contributed by atoms with Crippen molar-refractivity contribution in [3.8, 4) is 0 Å². The normalized spacial score (nSPS) is 15.5. The van der Waals surface area contributed by atoms with E-state index < -0.39 is 6.10 Å². The van der Waals surface area contributed by atoms with Gasteiger partial charge in [-0.3, -0.25) is 0 Å². The quantitative estimate of drug-likeness (QED) is 0.837. The average Bonchev–Trinajstić information content (AvgIpc) is 2.03. The van der Waals surface area contributed by atoms with Crippen LogP contribution in [-0.4, -0.2) is 11.2 Å². The van der Waals surface area contributed by atoms with Gasteiger partial charge in [-0.15, -0.1) is 0 Å². The number of nitrogens with two attached hydrogens (primary N) is 1. The number of aryl methyl sites for hydroxylation is 1. The van der Waals surface area contributed by atoms with E-state index >= 15 is 0 Å². The molecule has 1 aromatic rings. The van der Waals surface area contributed by atoms with Crippen LogP contribution in [0.3, 0.4) is 0 Å². The van der Waals surface area contributed by atoms with E-state index in [0.29, 0.717) is 0 Å². The molecule has 0 amide bonds. The average molecular weight is 244 g/mol. The number of hydrogen-bond donors (Lipinski definition) is 2. The van der Waals surface area contributed by atoms with Gasteiger partial charge >= 0.3 is 0 Å². The van der Waals surface area contributed by atoms with Gasteiger partial charge in [0, 0.05) is 4.47 Å². The van der Waals surface area contributed by atoms with Crippen molar-refractivity contribution in [3.05, 3.63) is 33.8 Å². The molecule has 0 heterocycles. The van der Waals surface area contributed by atoms with Crippen molar-refractivity contribution < 1.29 is 5.11 Å². The first-order valence-electron chi connectivity index (χ1n) is 4.22. The number of aliphatic hydroxyl groups excluding tert-OH is 1. The van der Waals surface area contributed by atoms with Gasteiger partial charge < -0.3 is 10.8 Å². The van der Waals surface area contributed by atoms with Crippen LogP contribution in [0.4, 0.5) is 0 Å². The van der Waals surface area contributed by atoms with Crippen LogP contribution in [0.1, 0.15) is 24.1 Å². The molecule has 0 spiro atoms. The minimum Gasteiger partial charge on any atom is -0.391 e. The van der Waals surface area contributed by atoms with Gasteiger partial charge in [0.15, 0.2) is 0 Å². The van der Waals surface area contributed by atoms with E-state index in [1.807, 2.05) is 25.1 Å². The van der Waals surface area contributed by atoms with Crippen LogP contribution in [0.25, 0.3) is 0 Å². The standard InChI is InChI=1S/C10H14BrNO/c1-6-4-3-5-8(11)9(6)10(12)7(2)13/h3-5,7,10,13H,12H2,1-2H3. The Morgan fingerprint density at radius 2 is 2.08 bits per heavy atom. The molecule has 2 unspecified atom stereocenters. The van der Waals surface area contributed by atoms with Crippen LogP contribution in [0.15, 0.2) is 22.7 Å². The lowest BCUT2D eigenvalue weighted by Crippen LogP contribution is -2.24. The molecular weight excluding hydrogens is 230 g/mol. The molecule has 1 rings (SSSR count). The number of hydrogen-bond acceptors (Lipinski definition) is 2. The molecule has 0 bridgehead atoms. The molecule has 0 aliphatic carbocycles. The Kier molecular flexibility index (Phi) is 3.47. The number of rotatable bonds is 2. The van der Waals surface area contributed by atoms with Gasteiger partial charge in [-0.1, -0.05) is 28.1 Å². The number of halogens is 1. The highest BCUT2D eigenvalue weighted by molar-refractivity contribution is 9.10. The molecular formula is C10H14BrNO. The first-order chi connectivity index (χ1) is 6.04. The molecule has 0 saturated heterocycles. The second kappa shape index (κ2) is 4.22. The fourth-order valence-corrected chi connectivity index (χ4v) is 2.04. The van der Waals surface area contributed by atoms with Crippen LogP contribution >= 0.6 is 15.9 Å². The lowest BCUT2D eigenvalue weighted by Gasteiger charge is -2.18. The molecule has 72 valence electrons. The Morgan fingerprint density at radius 1 is 1.46 bits per heavy atom. The zero-order valence-corrected chi connectivity index (χ0v) is 9.38. The molecule has 13 heavy (non-hydrogen) atoms. The number of benzene rings is 1. The third-order valence-corrected chi connectivity index (χ3v) is 2.82. The van der Waals surface area contributed by atoms with Crippen LogP contribution in [0.5, 0.6) is 0 Å². The van der Waals surface area contributed by atoms with E-state index in [1.165, 1.54) is 0 Å². The Morgan fingerprint density at radius 3 is 2.54 bits per heavy atom. The van der Waals surface area contributed by atoms with Crippen molar-refractivity contribution in [1.29, 1.82) is 0 Å². The van der Waals surface area contributed by atoms with Gasteiger partial charge in [-0.2, -0.15) is 0 Å². The summed E-state index contributed by atoms with van der Waals surface area (Å²) in [5, 5.41) is 9.38. The summed E-state index contributed by atoms with van der Waals surface area (Å²) in [6.45, 7) is 3.69. The Labute approximate surface area is 86.9 Å². The maximum atomic E-state index is 9.38. The van der Waals surface area contributed by atoms with Crippen molar-refractivity contribution in [1.82, 2.24) is 0 Å². The van der Waals surface area contributed by atoms with Gasteiger partial charge in [0.1, 0.15) is 0 Å². The van der Waals surface area contributed by atoms with E-state index in [1.54, 1.807) is 6.92 Å². The summed E-state index contributed by atoms with van der Waals surface area (Å²) in [5.41, 5.74) is 7.94. The third-order valence-electron chi connectivity index (χ3n) is 2.12. The van der Waals surface area contributed by atoms with Gasteiger partial charge in [-0.05, 0) is 31.0 Å². The summed E-state index contributed by atoms with van der Waals surface area (Å²) < 4.78 is 0.959. The van der Waals surface area contributed by atoms with Gasteiger partial charge in [-0.25, -0.2) is 0 Å². The summed E-state index contributed by atoms with van der Waals surface area (Å²) in [5.74, 6) is 0. The predicted octanol–water partition coefficient (Wildman–Crippen LogP) is 2.14. The highest BCUT2D eigenvalue weighted by atomic mass is 79.9. The second-order valence-electron chi connectivity index (χ2n) is 3.24. The summed E-state index contributed by atoms with van der Waals surface area (Å²) in [4.78, 5) is 0. The summed E-state index contributed by atoms with van der Waals surface area (Å²) in [6, 6.07) is 5.56. The van der Waals surface area contributed by atoms with E-state index in [0.717, 1.165) is 15.6 Å². The molecule has 0 aliphatic rings. The summed E-state index contributed by atoms with van der Waals surface area (Å²) in [6.07, 6.45) is -0.530. The van der Waals surface area contributed by atoms with Gasteiger partial charge in [0.2, 0.25) is 0 Å². The third kappa shape index (κ3) is 2.30. The maximum Gasteiger partial charge on any atom is 0.0705 e. The predicted molar refractivity (Wildman–Crippen MR) is 57.5 cm³/mol. The van der Waals surface area contributed by atoms with Crippen LogP contribution in [-0.2, 0) is 0 Å². The van der Waals surface area contributed by atoms with Crippen LogP contribution in [0, 0.1) is 6.92 Å². The fraction of sp³-hybridized carbons (Fsp3) is 0.400. The van der Waals surface area contributed by atoms with Crippen molar-refractivity contribution in [2.45, 2.75) is 26.0 Å². The largest absolute Gasteiger partial charge is 0.391 e. The number of aliphatic hydroxyl groups is 1. The molecule has 0 radical (unpaired) electrons. The molecule has 0 aliphatic heterocycles. The highest BCUT2D eigenvalue weighted by Gasteiger charge is 2.16. The van der Waals surface area contributed by atoms with Crippen molar-refractivity contribution in [3.63, 3.8) is 0 Å². The fourth-order valence-electron chi connectivity index (χ4n) is 1.31. The lowest BCUT2D eigenvalue weighted by molar-refractivity contribution is 0.163. The first-order valence-corrected chi connectivity index (χ1v) is 5.02. The van der Waals surface area contributed by atoms with Crippen LogP contribution in [0.2, 0.25) is 0 Å². The monoisotopic (exact) mass is 243 g/mol.